The van der Waals surface area contributed by atoms with Crippen LogP contribution < -0.4 is 0 Å². The zero-order chi connectivity index (χ0) is 6.62. The van der Waals surface area contributed by atoms with E-state index in [0.29, 0.717) is 12.8 Å². The summed E-state index contributed by atoms with van der Waals surface area (Å²) in [6.45, 7) is 1.88. The molecule has 0 spiro atoms. The standard InChI is InChI=1S/C5H10Cl2O/c1-5(6,7)3-2-4-8/h8H,2-4H2,1H3. The summed E-state index contributed by atoms with van der Waals surface area (Å²) in [7, 11) is 0. The normalized spacial score (nSPS) is 12.0. The molecular weight excluding hydrogens is 147 g/mol. The molecule has 0 aliphatic rings. The van der Waals surface area contributed by atoms with E-state index in [9.17, 15) is 0 Å². The van der Waals surface area contributed by atoms with Gasteiger partial charge in [-0.15, -0.1) is 23.2 Å². The quantitative estimate of drug-likeness (QED) is 0.620. The van der Waals surface area contributed by atoms with Crippen LogP contribution in [-0.4, -0.2) is 16.0 Å². The number of aliphatic hydroxyl groups excluding tert-OH is 1. The van der Waals surface area contributed by atoms with Crippen molar-refractivity contribution in [3.8, 4) is 0 Å². The number of rotatable bonds is 3. The highest BCUT2D eigenvalue weighted by molar-refractivity contribution is 6.48. The molecule has 0 unspecified atom stereocenters. The third-order valence-electron chi connectivity index (χ3n) is 0.774. The van der Waals surface area contributed by atoms with Crippen LogP contribution in [0.5, 0.6) is 0 Å². The number of alkyl halides is 2. The summed E-state index contributed by atoms with van der Waals surface area (Å²) in [5, 5.41) is 8.31. The van der Waals surface area contributed by atoms with Crippen molar-refractivity contribution in [2.24, 2.45) is 0 Å². The van der Waals surface area contributed by atoms with Gasteiger partial charge in [0.2, 0.25) is 0 Å². The van der Waals surface area contributed by atoms with Crippen LogP contribution in [0.25, 0.3) is 0 Å². The lowest BCUT2D eigenvalue weighted by Gasteiger charge is -2.10. The summed E-state index contributed by atoms with van der Waals surface area (Å²) in [4.78, 5) is 0. The zero-order valence-electron chi connectivity index (χ0n) is 4.82. The highest BCUT2D eigenvalue weighted by Crippen LogP contribution is 2.24. The lowest BCUT2D eigenvalue weighted by molar-refractivity contribution is 0.282. The first kappa shape index (κ1) is 8.54. The Morgan fingerprint density at radius 1 is 1.50 bits per heavy atom. The van der Waals surface area contributed by atoms with E-state index < -0.39 is 4.33 Å². The molecule has 0 saturated carbocycles. The molecule has 1 nitrogen and oxygen atoms in total. The van der Waals surface area contributed by atoms with Crippen LogP contribution in [0.4, 0.5) is 0 Å². The first-order valence-electron chi connectivity index (χ1n) is 2.55. The van der Waals surface area contributed by atoms with Gasteiger partial charge in [-0.2, -0.15) is 0 Å². The molecule has 0 heterocycles. The van der Waals surface area contributed by atoms with Gasteiger partial charge in [0.15, 0.2) is 0 Å². The smallest absolute Gasteiger partial charge is 0.115 e. The van der Waals surface area contributed by atoms with Gasteiger partial charge in [0.05, 0.1) is 0 Å². The number of hydrogen-bond acceptors (Lipinski definition) is 1. The molecule has 8 heavy (non-hydrogen) atoms. The van der Waals surface area contributed by atoms with E-state index in [-0.39, 0.29) is 6.61 Å². The molecule has 0 aromatic heterocycles. The molecule has 0 saturated heterocycles. The van der Waals surface area contributed by atoms with Crippen LogP contribution in [0, 0.1) is 0 Å². The highest BCUT2D eigenvalue weighted by atomic mass is 35.5. The molecule has 0 atom stereocenters. The second kappa shape index (κ2) is 3.54. The van der Waals surface area contributed by atoms with Gasteiger partial charge in [0.1, 0.15) is 4.33 Å². The van der Waals surface area contributed by atoms with E-state index in [1.807, 2.05) is 0 Å². The van der Waals surface area contributed by atoms with Crippen molar-refractivity contribution in [2.45, 2.75) is 24.1 Å². The second-order valence-electron chi connectivity index (χ2n) is 1.90. The van der Waals surface area contributed by atoms with E-state index in [0.717, 1.165) is 0 Å². The van der Waals surface area contributed by atoms with Crippen LogP contribution >= 0.6 is 23.2 Å². The van der Waals surface area contributed by atoms with Crippen molar-refractivity contribution < 1.29 is 5.11 Å². The summed E-state index contributed by atoms with van der Waals surface area (Å²) in [5.74, 6) is 0. The SMILES string of the molecule is CC(Cl)(Cl)CCCO. The van der Waals surface area contributed by atoms with Crippen LogP contribution in [0.2, 0.25) is 0 Å². The number of halogens is 2. The lowest BCUT2D eigenvalue weighted by atomic mass is 10.2. The summed E-state index contributed by atoms with van der Waals surface area (Å²) in [5.41, 5.74) is 0. The van der Waals surface area contributed by atoms with Crippen LogP contribution in [0.15, 0.2) is 0 Å². The summed E-state index contributed by atoms with van der Waals surface area (Å²) in [6, 6.07) is 0. The monoisotopic (exact) mass is 156 g/mol. The largest absolute Gasteiger partial charge is 0.396 e. The average molecular weight is 157 g/mol. The molecular formula is C5H10Cl2O. The molecule has 0 amide bonds. The van der Waals surface area contributed by atoms with Crippen molar-refractivity contribution in [3.63, 3.8) is 0 Å². The Bertz CT molecular complexity index is 57.9. The molecule has 0 aliphatic heterocycles. The van der Waals surface area contributed by atoms with Gasteiger partial charge >= 0.3 is 0 Å². The molecule has 0 radical (unpaired) electrons. The third-order valence-corrected chi connectivity index (χ3v) is 1.15. The van der Waals surface area contributed by atoms with Crippen LogP contribution in [0.3, 0.4) is 0 Å². The Morgan fingerprint density at radius 2 is 2.00 bits per heavy atom. The predicted molar refractivity (Wildman–Crippen MR) is 36.4 cm³/mol. The topological polar surface area (TPSA) is 20.2 Å². The van der Waals surface area contributed by atoms with Crippen molar-refractivity contribution >= 4 is 23.2 Å². The number of aliphatic hydroxyl groups is 1. The molecule has 0 aromatic rings. The first-order chi connectivity index (χ1) is 3.56. The Kier molecular flexibility index (Phi) is 3.78. The van der Waals surface area contributed by atoms with Crippen LogP contribution in [-0.2, 0) is 0 Å². The van der Waals surface area contributed by atoms with Gasteiger partial charge in [-0.05, 0) is 19.8 Å². The predicted octanol–water partition coefficient (Wildman–Crippen LogP) is 1.95. The summed E-state index contributed by atoms with van der Waals surface area (Å²) < 4.78 is -0.664. The molecule has 0 aliphatic carbocycles. The zero-order valence-corrected chi connectivity index (χ0v) is 6.34. The third kappa shape index (κ3) is 6.54. The number of hydrogen-bond donors (Lipinski definition) is 1. The maximum Gasteiger partial charge on any atom is 0.115 e. The van der Waals surface area contributed by atoms with Crippen molar-refractivity contribution in [1.29, 1.82) is 0 Å². The second-order valence-corrected chi connectivity index (χ2v) is 3.76. The maximum atomic E-state index is 8.31. The van der Waals surface area contributed by atoms with Gasteiger partial charge in [0.25, 0.3) is 0 Å². The van der Waals surface area contributed by atoms with Gasteiger partial charge in [-0.1, -0.05) is 0 Å². The summed E-state index contributed by atoms with van der Waals surface area (Å²) >= 11 is 11.1. The van der Waals surface area contributed by atoms with Crippen molar-refractivity contribution in [1.82, 2.24) is 0 Å². The van der Waals surface area contributed by atoms with E-state index in [4.69, 9.17) is 28.3 Å². The Balaban J connectivity index is 3.11. The fraction of sp³-hybridized carbons (Fsp3) is 1.00. The van der Waals surface area contributed by atoms with Crippen molar-refractivity contribution in [3.05, 3.63) is 0 Å². The Morgan fingerprint density at radius 3 is 2.12 bits per heavy atom. The van der Waals surface area contributed by atoms with E-state index in [2.05, 4.69) is 0 Å². The minimum absolute atomic E-state index is 0.162. The average Bonchev–Trinajstić information content (AvgIpc) is 1.59. The fourth-order valence-corrected chi connectivity index (χ4v) is 0.657. The maximum absolute atomic E-state index is 8.31. The molecule has 1 N–H and O–H groups in total. The molecule has 0 fully saturated rings. The van der Waals surface area contributed by atoms with Crippen molar-refractivity contribution in [2.75, 3.05) is 6.61 Å². The van der Waals surface area contributed by atoms with Gasteiger partial charge < -0.3 is 5.11 Å². The molecule has 0 bridgehead atoms. The molecule has 0 aromatic carbocycles. The van der Waals surface area contributed by atoms with Gasteiger partial charge in [-0.3, -0.25) is 0 Å². The molecule has 0 rings (SSSR count). The van der Waals surface area contributed by atoms with Crippen LogP contribution in [0.1, 0.15) is 19.8 Å². The molecule has 3 heteroatoms. The Labute approximate surface area is 59.6 Å². The highest BCUT2D eigenvalue weighted by Gasteiger charge is 2.14. The van der Waals surface area contributed by atoms with Gasteiger partial charge in [0, 0.05) is 6.61 Å². The van der Waals surface area contributed by atoms with Gasteiger partial charge in [-0.25, -0.2) is 0 Å². The Hall–Kier alpha value is 0.540. The van der Waals surface area contributed by atoms with E-state index >= 15 is 0 Å². The molecule has 50 valence electrons. The van der Waals surface area contributed by atoms with E-state index in [1.165, 1.54) is 0 Å². The fourth-order valence-electron chi connectivity index (χ4n) is 0.389. The summed E-state index contributed by atoms with van der Waals surface area (Å²) in [6.07, 6.45) is 1.32. The minimum atomic E-state index is -0.664. The minimum Gasteiger partial charge on any atom is -0.396 e. The lowest BCUT2D eigenvalue weighted by Crippen LogP contribution is -2.05. The van der Waals surface area contributed by atoms with E-state index in [1.54, 1.807) is 6.92 Å². The first-order valence-corrected chi connectivity index (χ1v) is 3.30.